The van der Waals surface area contributed by atoms with Crippen LogP contribution in [0.5, 0.6) is 0 Å². The Morgan fingerprint density at radius 3 is 1.62 bits per heavy atom. The molecule has 0 saturated heterocycles. The maximum absolute atomic E-state index is 9.23. The van der Waals surface area contributed by atoms with E-state index >= 15 is 0 Å². The second-order valence-corrected chi connectivity index (χ2v) is 4.48. The molecule has 16 heavy (non-hydrogen) atoms. The number of aliphatic hydroxyl groups is 2. The van der Waals surface area contributed by atoms with Crippen molar-refractivity contribution in [2.24, 2.45) is 11.8 Å². The Kier molecular flexibility index (Phi) is 5.74. The molecule has 2 aliphatic rings. The molecule has 0 radical (unpaired) electrons. The molecule has 2 fully saturated rings. The standard InChI is InChI=1S/C7H12O2.C6H10O/c8-6-2-4-1-5(6)3-7(4)9;1-3-5-7-6-4-2/h4-9H,1-3H2;3-4H,1-2,5-6H2. The zero-order chi connectivity index (χ0) is 12.0. The molecule has 2 N–H and O–H groups in total. The fourth-order valence-corrected chi connectivity index (χ4v) is 2.45. The van der Waals surface area contributed by atoms with Crippen LogP contribution in [0.25, 0.3) is 0 Å². The van der Waals surface area contributed by atoms with Gasteiger partial charge in [0.2, 0.25) is 0 Å². The third-order valence-corrected chi connectivity index (χ3v) is 3.25. The van der Waals surface area contributed by atoms with Crippen LogP contribution in [0, 0.1) is 11.8 Å². The van der Waals surface area contributed by atoms with Gasteiger partial charge in [-0.05, 0) is 31.1 Å². The van der Waals surface area contributed by atoms with Gasteiger partial charge in [0.1, 0.15) is 0 Å². The SMILES string of the molecule is C=CCOCC=C.OC1CC2CC1CC2O. The van der Waals surface area contributed by atoms with Crippen molar-refractivity contribution < 1.29 is 14.9 Å². The van der Waals surface area contributed by atoms with Crippen LogP contribution in [0.3, 0.4) is 0 Å². The van der Waals surface area contributed by atoms with Gasteiger partial charge in [0, 0.05) is 0 Å². The number of hydrogen-bond donors (Lipinski definition) is 2. The van der Waals surface area contributed by atoms with E-state index in [9.17, 15) is 10.2 Å². The van der Waals surface area contributed by atoms with Gasteiger partial charge < -0.3 is 14.9 Å². The van der Waals surface area contributed by atoms with Crippen molar-refractivity contribution >= 4 is 0 Å². The van der Waals surface area contributed by atoms with Crippen molar-refractivity contribution in [1.29, 1.82) is 0 Å². The first-order chi connectivity index (χ1) is 7.69. The lowest BCUT2D eigenvalue weighted by Crippen LogP contribution is -2.24. The fourth-order valence-electron chi connectivity index (χ4n) is 2.45. The zero-order valence-electron chi connectivity index (χ0n) is 9.72. The van der Waals surface area contributed by atoms with E-state index in [1.54, 1.807) is 12.2 Å². The van der Waals surface area contributed by atoms with Gasteiger partial charge in [-0.1, -0.05) is 12.2 Å². The summed E-state index contributed by atoms with van der Waals surface area (Å²) in [6.45, 7) is 8.18. The summed E-state index contributed by atoms with van der Waals surface area (Å²) >= 11 is 0. The maximum Gasteiger partial charge on any atom is 0.0649 e. The van der Waals surface area contributed by atoms with Crippen molar-refractivity contribution in [3.05, 3.63) is 25.3 Å². The van der Waals surface area contributed by atoms with Gasteiger partial charge >= 0.3 is 0 Å². The second kappa shape index (κ2) is 6.84. The van der Waals surface area contributed by atoms with Crippen LogP contribution in [0.15, 0.2) is 25.3 Å². The molecule has 0 amide bonds. The van der Waals surface area contributed by atoms with Crippen LogP contribution in [0.4, 0.5) is 0 Å². The quantitative estimate of drug-likeness (QED) is 0.564. The smallest absolute Gasteiger partial charge is 0.0649 e. The van der Waals surface area contributed by atoms with Gasteiger partial charge in [-0.3, -0.25) is 0 Å². The summed E-state index contributed by atoms with van der Waals surface area (Å²) in [5, 5.41) is 18.5. The van der Waals surface area contributed by atoms with Gasteiger partial charge in [0.25, 0.3) is 0 Å². The van der Waals surface area contributed by atoms with E-state index in [-0.39, 0.29) is 12.2 Å². The lowest BCUT2D eigenvalue weighted by molar-refractivity contribution is 0.0447. The first-order valence-corrected chi connectivity index (χ1v) is 5.84. The highest BCUT2D eigenvalue weighted by molar-refractivity contribution is 4.95. The molecule has 0 heterocycles. The predicted molar refractivity (Wildman–Crippen MR) is 64.1 cm³/mol. The minimum atomic E-state index is -0.0987. The third-order valence-electron chi connectivity index (χ3n) is 3.25. The van der Waals surface area contributed by atoms with Crippen LogP contribution >= 0.6 is 0 Å². The van der Waals surface area contributed by atoms with E-state index in [1.807, 2.05) is 0 Å². The highest BCUT2D eigenvalue weighted by Crippen LogP contribution is 2.44. The van der Waals surface area contributed by atoms with Crippen molar-refractivity contribution in [2.75, 3.05) is 13.2 Å². The lowest BCUT2D eigenvalue weighted by atomic mass is 9.95. The van der Waals surface area contributed by atoms with Gasteiger partial charge in [0.15, 0.2) is 0 Å². The number of aliphatic hydroxyl groups excluding tert-OH is 2. The summed E-state index contributed by atoms with van der Waals surface area (Å²) in [5.41, 5.74) is 0. The number of ether oxygens (including phenoxy) is 1. The Labute approximate surface area is 97.4 Å². The number of hydrogen-bond acceptors (Lipinski definition) is 3. The summed E-state index contributed by atoms with van der Waals surface area (Å²) in [4.78, 5) is 0. The molecule has 0 spiro atoms. The summed E-state index contributed by atoms with van der Waals surface area (Å²) in [6.07, 6.45) is 5.96. The molecule has 0 aromatic carbocycles. The molecular weight excluding hydrogens is 204 g/mol. The van der Waals surface area contributed by atoms with E-state index in [4.69, 9.17) is 4.74 Å². The molecule has 3 nitrogen and oxygen atoms in total. The Morgan fingerprint density at radius 1 is 0.938 bits per heavy atom. The van der Waals surface area contributed by atoms with Crippen molar-refractivity contribution in [1.82, 2.24) is 0 Å². The van der Waals surface area contributed by atoms with Gasteiger partial charge in [-0.2, -0.15) is 0 Å². The van der Waals surface area contributed by atoms with Crippen molar-refractivity contribution in [3.63, 3.8) is 0 Å². The number of fused-ring (bicyclic) bond motifs is 2. The first-order valence-electron chi connectivity index (χ1n) is 5.84. The van der Waals surface area contributed by atoms with E-state index < -0.39 is 0 Å². The topological polar surface area (TPSA) is 49.7 Å². The molecule has 2 rings (SSSR count). The van der Waals surface area contributed by atoms with Crippen LogP contribution in [-0.2, 0) is 4.74 Å². The zero-order valence-corrected chi connectivity index (χ0v) is 9.72. The molecule has 4 atom stereocenters. The number of rotatable bonds is 4. The van der Waals surface area contributed by atoms with E-state index in [0.29, 0.717) is 25.0 Å². The average Bonchev–Trinajstić information content (AvgIpc) is 2.78. The normalized spacial score (nSPS) is 35.4. The molecule has 2 aliphatic carbocycles. The lowest BCUT2D eigenvalue weighted by Gasteiger charge is -2.19. The van der Waals surface area contributed by atoms with Gasteiger partial charge in [-0.15, -0.1) is 13.2 Å². The molecule has 0 aliphatic heterocycles. The molecule has 92 valence electrons. The van der Waals surface area contributed by atoms with Gasteiger partial charge in [-0.25, -0.2) is 0 Å². The van der Waals surface area contributed by atoms with Crippen LogP contribution in [0.1, 0.15) is 19.3 Å². The van der Waals surface area contributed by atoms with E-state index in [0.717, 1.165) is 19.3 Å². The molecule has 0 aromatic rings. The summed E-state index contributed by atoms with van der Waals surface area (Å²) in [5.74, 6) is 0.843. The molecular formula is C13H22O3. The average molecular weight is 226 g/mol. The van der Waals surface area contributed by atoms with Crippen molar-refractivity contribution in [3.8, 4) is 0 Å². The largest absolute Gasteiger partial charge is 0.393 e. The minimum absolute atomic E-state index is 0.0987. The van der Waals surface area contributed by atoms with E-state index in [2.05, 4.69) is 13.2 Å². The molecule has 3 heteroatoms. The first kappa shape index (κ1) is 13.4. The Morgan fingerprint density at radius 2 is 1.38 bits per heavy atom. The predicted octanol–water partition coefficient (Wildman–Crippen LogP) is 1.51. The highest BCUT2D eigenvalue weighted by Gasteiger charge is 2.44. The molecule has 2 saturated carbocycles. The summed E-state index contributed by atoms with van der Waals surface area (Å²) in [6, 6.07) is 0. The Hall–Kier alpha value is -0.640. The Balaban J connectivity index is 0.000000168. The molecule has 0 aromatic heterocycles. The second-order valence-electron chi connectivity index (χ2n) is 4.48. The monoisotopic (exact) mass is 226 g/mol. The van der Waals surface area contributed by atoms with Crippen molar-refractivity contribution in [2.45, 2.75) is 31.5 Å². The maximum atomic E-state index is 9.23. The minimum Gasteiger partial charge on any atom is -0.393 e. The fraction of sp³-hybridized carbons (Fsp3) is 0.692. The van der Waals surface area contributed by atoms with Gasteiger partial charge in [0.05, 0.1) is 25.4 Å². The van der Waals surface area contributed by atoms with Crippen LogP contribution in [0.2, 0.25) is 0 Å². The van der Waals surface area contributed by atoms with Crippen LogP contribution in [-0.4, -0.2) is 35.6 Å². The molecule has 2 bridgehead atoms. The van der Waals surface area contributed by atoms with E-state index in [1.165, 1.54) is 0 Å². The summed E-state index contributed by atoms with van der Waals surface area (Å²) in [7, 11) is 0. The summed E-state index contributed by atoms with van der Waals surface area (Å²) < 4.78 is 4.90. The Bertz CT molecular complexity index is 201. The molecule has 4 unspecified atom stereocenters. The highest BCUT2D eigenvalue weighted by atomic mass is 16.5. The third kappa shape index (κ3) is 3.74. The van der Waals surface area contributed by atoms with Crippen LogP contribution < -0.4 is 0 Å².